The van der Waals surface area contributed by atoms with E-state index in [9.17, 15) is 5.11 Å². The number of nitrogens with zero attached hydrogens (tertiary/aromatic N) is 1. The number of hydrogen-bond donors (Lipinski definition) is 1. The van der Waals surface area contributed by atoms with Gasteiger partial charge in [-0.15, -0.1) is 0 Å². The summed E-state index contributed by atoms with van der Waals surface area (Å²) in [5.41, 5.74) is 0.983. The maximum atomic E-state index is 9.19. The van der Waals surface area contributed by atoms with E-state index < -0.39 is 0 Å². The van der Waals surface area contributed by atoms with Crippen LogP contribution < -0.4 is 0 Å². The molecule has 0 spiro atoms. The summed E-state index contributed by atoms with van der Waals surface area (Å²) in [6, 6.07) is 0. The van der Waals surface area contributed by atoms with Crippen LogP contribution in [-0.2, 0) is 6.61 Å². The highest BCUT2D eigenvalue weighted by molar-refractivity contribution is 5.15. The Balaban J connectivity index is 2.28. The maximum absolute atomic E-state index is 9.19. The first-order valence-corrected chi connectivity index (χ1v) is 5.68. The van der Waals surface area contributed by atoms with Crippen molar-refractivity contribution in [3.05, 3.63) is 17.8 Å². The lowest BCUT2D eigenvalue weighted by molar-refractivity contribution is 0.173. The number of rotatable bonds is 2. The van der Waals surface area contributed by atoms with Gasteiger partial charge in [-0.2, -0.15) is 0 Å². The monoisotopic (exact) mass is 209 g/mol. The first-order chi connectivity index (χ1) is 7.15. The van der Waals surface area contributed by atoms with Crippen LogP contribution in [0.25, 0.3) is 0 Å². The zero-order valence-corrected chi connectivity index (χ0v) is 9.49. The average molecular weight is 209 g/mol. The lowest BCUT2D eigenvalue weighted by Crippen LogP contribution is -2.26. The molecule has 1 aromatic heterocycles. The molecular formula is C12H19NO2. The Labute approximate surface area is 90.5 Å². The summed E-state index contributed by atoms with van der Waals surface area (Å²) in [4.78, 5) is 4.06. The number of aromatic nitrogens is 1. The Hall–Kier alpha value is -0.830. The molecule has 0 bridgehead atoms. The molecule has 1 N–H and O–H groups in total. The average Bonchev–Trinajstić information content (AvgIpc) is 2.64. The van der Waals surface area contributed by atoms with E-state index in [0.29, 0.717) is 5.92 Å². The largest absolute Gasteiger partial charge is 0.448 e. The third-order valence-electron chi connectivity index (χ3n) is 3.65. The Morgan fingerprint density at radius 3 is 3.00 bits per heavy atom. The van der Waals surface area contributed by atoms with Crippen LogP contribution in [0.15, 0.2) is 10.8 Å². The molecule has 0 aliphatic heterocycles. The summed E-state index contributed by atoms with van der Waals surface area (Å²) in [6.45, 7) is 4.54. The molecule has 3 heteroatoms. The van der Waals surface area contributed by atoms with E-state index in [4.69, 9.17) is 4.42 Å². The Morgan fingerprint density at radius 1 is 1.53 bits per heavy atom. The Kier molecular flexibility index (Phi) is 2.83. The molecule has 0 saturated heterocycles. The standard InChI is InChI=1S/C12H19NO2/c1-12(2)6-4-3-5-9(12)11-10(7-14)13-8-15-11/h8-9,14H,3-7H2,1-2H3. The van der Waals surface area contributed by atoms with Gasteiger partial charge in [0.05, 0.1) is 6.61 Å². The quantitative estimate of drug-likeness (QED) is 0.814. The van der Waals surface area contributed by atoms with Crippen LogP contribution in [0.1, 0.15) is 56.9 Å². The van der Waals surface area contributed by atoms with Crippen LogP contribution >= 0.6 is 0 Å². The molecule has 0 amide bonds. The lowest BCUT2D eigenvalue weighted by Gasteiger charge is -2.37. The third kappa shape index (κ3) is 1.93. The van der Waals surface area contributed by atoms with Gasteiger partial charge >= 0.3 is 0 Å². The molecule has 1 aromatic rings. The highest BCUT2D eigenvalue weighted by atomic mass is 16.3. The molecule has 2 rings (SSSR count). The second-order valence-electron chi connectivity index (χ2n) is 5.11. The molecule has 1 atom stereocenters. The van der Waals surface area contributed by atoms with Gasteiger partial charge in [0.25, 0.3) is 0 Å². The second-order valence-corrected chi connectivity index (χ2v) is 5.11. The SMILES string of the molecule is CC1(C)CCCCC1c1ocnc1CO. The first kappa shape index (κ1) is 10.7. The molecule has 1 aliphatic rings. The summed E-state index contributed by atoms with van der Waals surface area (Å²) in [7, 11) is 0. The van der Waals surface area contributed by atoms with Crippen LogP contribution in [-0.4, -0.2) is 10.1 Å². The van der Waals surface area contributed by atoms with Gasteiger partial charge in [-0.1, -0.05) is 26.7 Å². The topological polar surface area (TPSA) is 46.3 Å². The molecule has 1 heterocycles. The highest BCUT2D eigenvalue weighted by Crippen LogP contribution is 2.47. The zero-order valence-electron chi connectivity index (χ0n) is 9.49. The Morgan fingerprint density at radius 2 is 2.33 bits per heavy atom. The van der Waals surface area contributed by atoms with Crippen molar-refractivity contribution in [2.45, 2.75) is 52.1 Å². The molecular weight excluding hydrogens is 190 g/mol. The molecule has 0 radical (unpaired) electrons. The normalized spacial score (nSPS) is 25.4. The summed E-state index contributed by atoms with van der Waals surface area (Å²) in [5.74, 6) is 1.32. The van der Waals surface area contributed by atoms with E-state index >= 15 is 0 Å². The van der Waals surface area contributed by atoms with Crippen LogP contribution in [0.2, 0.25) is 0 Å². The predicted octanol–water partition coefficient (Wildman–Crippen LogP) is 2.85. The van der Waals surface area contributed by atoms with Gasteiger partial charge in [0.2, 0.25) is 0 Å². The number of oxazole rings is 1. The predicted molar refractivity (Wildman–Crippen MR) is 57.4 cm³/mol. The van der Waals surface area contributed by atoms with Crippen molar-refractivity contribution in [2.24, 2.45) is 5.41 Å². The van der Waals surface area contributed by atoms with Crippen molar-refractivity contribution in [1.82, 2.24) is 4.98 Å². The van der Waals surface area contributed by atoms with Gasteiger partial charge < -0.3 is 9.52 Å². The fourth-order valence-electron chi connectivity index (χ4n) is 2.66. The van der Waals surface area contributed by atoms with Crippen LogP contribution in [0.3, 0.4) is 0 Å². The number of aliphatic hydroxyl groups excluding tert-OH is 1. The first-order valence-electron chi connectivity index (χ1n) is 5.68. The Bertz CT molecular complexity index is 330. The fourth-order valence-corrected chi connectivity index (χ4v) is 2.66. The molecule has 0 aromatic carbocycles. The minimum Gasteiger partial charge on any atom is -0.448 e. The van der Waals surface area contributed by atoms with E-state index in [1.165, 1.54) is 25.7 Å². The van der Waals surface area contributed by atoms with Crippen molar-refractivity contribution < 1.29 is 9.52 Å². The van der Waals surface area contributed by atoms with Crippen molar-refractivity contribution in [3.8, 4) is 0 Å². The van der Waals surface area contributed by atoms with Gasteiger partial charge in [0, 0.05) is 5.92 Å². The molecule has 15 heavy (non-hydrogen) atoms. The minimum atomic E-state index is -0.0155. The van der Waals surface area contributed by atoms with Crippen molar-refractivity contribution in [1.29, 1.82) is 0 Å². The second kappa shape index (κ2) is 3.97. The molecule has 1 unspecified atom stereocenters. The summed E-state index contributed by atoms with van der Waals surface area (Å²) >= 11 is 0. The van der Waals surface area contributed by atoms with E-state index in [2.05, 4.69) is 18.8 Å². The van der Waals surface area contributed by atoms with Gasteiger partial charge in [0.15, 0.2) is 6.39 Å². The lowest BCUT2D eigenvalue weighted by atomic mass is 9.67. The van der Waals surface area contributed by atoms with Gasteiger partial charge in [-0.3, -0.25) is 0 Å². The van der Waals surface area contributed by atoms with Crippen molar-refractivity contribution >= 4 is 0 Å². The molecule has 84 valence electrons. The summed E-state index contributed by atoms with van der Waals surface area (Å²) < 4.78 is 5.46. The minimum absolute atomic E-state index is 0.0155. The summed E-state index contributed by atoms with van der Waals surface area (Å²) in [5, 5.41) is 9.19. The maximum Gasteiger partial charge on any atom is 0.181 e. The third-order valence-corrected chi connectivity index (χ3v) is 3.65. The van der Waals surface area contributed by atoms with Crippen LogP contribution in [0.5, 0.6) is 0 Å². The van der Waals surface area contributed by atoms with E-state index in [0.717, 1.165) is 17.9 Å². The van der Waals surface area contributed by atoms with Gasteiger partial charge in [-0.25, -0.2) is 4.98 Å². The van der Waals surface area contributed by atoms with Crippen molar-refractivity contribution in [2.75, 3.05) is 0 Å². The molecule has 1 saturated carbocycles. The van der Waals surface area contributed by atoms with Crippen LogP contribution in [0.4, 0.5) is 0 Å². The molecule has 1 fully saturated rings. The van der Waals surface area contributed by atoms with Crippen LogP contribution in [0, 0.1) is 5.41 Å². The number of hydrogen-bond acceptors (Lipinski definition) is 3. The zero-order chi connectivity index (χ0) is 10.9. The van der Waals surface area contributed by atoms with E-state index in [1.54, 1.807) is 0 Å². The summed E-state index contributed by atoms with van der Waals surface area (Å²) in [6.07, 6.45) is 6.37. The van der Waals surface area contributed by atoms with Gasteiger partial charge in [0.1, 0.15) is 11.5 Å². The fraction of sp³-hybridized carbons (Fsp3) is 0.750. The molecule has 3 nitrogen and oxygen atoms in total. The van der Waals surface area contributed by atoms with Crippen molar-refractivity contribution in [3.63, 3.8) is 0 Å². The van der Waals surface area contributed by atoms with Gasteiger partial charge in [-0.05, 0) is 18.3 Å². The molecule has 1 aliphatic carbocycles. The van der Waals surface area contributed by atoms with E-state index in [-0.39, 0.29) is 12.0 Å². The van der Waals surface area contributed by atoms with E-state index in [1.807, 2.05) is 0 Å². The smallest absolute Gasteiger partial charge is 0.181 e. The number of aliphatic hydroxyl groups is 1. The highest BCUT2D eigenvalue weighted by Gasteiger charge is 2.36.